The number of carboxylic acid groups (broad SMARTS) is 1. The Bertz CT molecular complexity index is 272. The summed E-state index contributed by atoms with van der Waals surface area (Å²) in [6.45, 7) is 1.55. The summed E-state index contributed by atoms with van der Waals surface area (Å²) in [6, 6.07) is 0. The minimum absolute atomic E-state index is 0. The fraction of sp³-hybridized carbons (Fsp3) is 0.429. The number of hydrogen-bond donors (Lipinski definition) is 0. The Balaban J connectivity index is 0.00000121. The number of halogens is 1. The Morgan fingerprint density at radius 3 is 2.67 bits per heavy atom. The van der Waals surface area contributed by atoms with E-state index in [4.69, 9.17) is 0 Å². The number of imidazole rings is 1. The highest BCUT2D eigenvalue weighted by atomic mass is 35.5. The van der Waals surface area contributed by atoms with Gasteiger partial charge in [0.1, 0.15) is 5.82 Å². The number of rotatable bonds is 2. The van der Waals surface area contributed by atoms with Crippen LogP contribution in [0.3, 0.4) is 0 Å². The topological polar surface area (TPSA) is 57.9 Å². The van der Waals surface area contributed by atoms with Crippen LogP contribution in [0.4, 0.5) is 0 Å². The monoisotopic (exact) mass is 190 g/mol. The molecule has 0 N–H and O–H groups in total. The number of carbonyl (C=O) groups is 1. The maximum atomic E-state index is 10.4. The summed E-state index contributed by atoms with van der Waals surface area (Å²) in [7, 11) is 1.75. The first-order valence-electron chi connectivity index (χ1n) is 3.31. The van der Waals surface area contributed by atoms with Crippen LogP contribution in [0.1, 0.15) is 18.7 Å². The number of aromatic nitrogens is 2. The molecule has 68 valence electrons. The lowest BCUT2D eigenvalue weighted by atomic mass is 10.2. The predicted octanol–water partition coefficient (Wildman–Crippen LogP) is -1.26. The van der Waals surface area contributed by atoms with Gasteiger partial charge in [0.15, 0.2) is 0 Å². The Kier molecular flexibility index (Phi) is 3.76. The summed E-state index contributed by atoms with van der Waals surface area (Å²) in [6.07, 6.45) is 3.27. The predicted molar refractivity (Wildman–Crippen MR) is 39.4 cm³/mol. The van der Waals surface area contributed by atoms with Gasteiger partial charge in [0, 0.05) is 19.4 Å². The van der Waals surface area contributed by atoms with Crippen molar-refractivity contribution in [3.05, 3.63) is 18.2 Å². The van der Waals surface area contributed by atoms with Crippen LogP contribution < -0.4 is 5.11 Å². The van der Waals surface area contributed by atoms with E-state index in [-0.39, 0.29) is 12.4 Å². The van der Waals surface area contributed by atoms with Crippen LogP contribution in [0.15, 0.2) is 12.4 Å². The molecule has 0 spiro atoms. The van der Waals surface area contributed by atoms with E-state index in [0.29, 0.717) is 5.82 Å². The van der Waals surface area contributed by atoms with Gasteiger partial charge in [-0.1, -0.05) is 6.92 Å². The fourth-order valence-electron chi connectivity index (χ4n) is 0.900. The van der Waals surface area contributed by atoms with Crippen LogP contribution in [-0.2, 0) is 11.8 Å². The van der Waals surface area contributed by atoms with Crippen LogP contribution >= 0.6 is 0 Å². The molecule has 0 amide bonds. The van der Waals surface area contributed by atoms with Crippen molar-refractivity contribution < 1.29 is 22.3 Å². The van der Waals surface area contributed by atoms with Gasteiger partial charge in [-0.25, -0.2) is 4.98 Å². The van der Waals surface area contributed by atoms with E-state index >= 15 is 0 Å². The second-order valence-electron chi connectivity index (χ2n) is 2.44. The molecule has 0 aliphatic heterocycles. The Labute approximate surface area is 76.6 Å². The van der Waals surface area contributed by atoms with Gasteiger partial charge in [-0.15, -0.1) is 0 Å². The molecule has 0 saturated heterocycles. The van der Waals surface area contributed by atoms with E-state index in [2.05, 4.69) is 4.98 Å². The molecule has 1 aromatic heterocycles. The molecule has 5 heteroatoms. The van der Waals surface area contributed by atoms with E-state index in [9.17, 15) is 9.90 Å². The first-order chi connectivity index (χ1) is 5.13. The third-order valence-corrected chi connectivity index (χ3v) is 1.60. The van der Waals surface area contributed by atoms with Crippen LogP contribution in [0.2, 0.25) is 0 Å². The normalized spacial score (nSPS) is 11.8. The highest BCUT2D eigenvalue weighted by Crippen LogP contribution is 2.09. The summed E-state index contributed by atoms with van der Waals surface area (Å²) in [5, 5.41) is 10.4. The lowest BCUT2D eigenvalue weighted by Gasteiger charge is -2.11. The highest BCUT2D eigenvalue weighted by molar-refractivity contribution is 5.72. The van der Waals surface area contributed by atoms with Crippen molar-refractivity contribution in [2.75, 3.05) is 0 Å². The molecule has 0 aliphatic rings. The van der Waals surface area contributed by atoms with Crippen molar-refractivity contribution in [2.24, 2.45) is 7.05 Å². The molecular formula is C7H11ClN2O2. The SMILES string of the molecule is CC(C(=O)[O-])c1nccn1C.[ClH2+]. The van der Waals surface area contributed by atoms with Crippen LogP contribution in [0.5, 0.6) is 0 Å². The third-order valence-electron chi connectivity index (χ3n) is 1.60. The van der Waals surface area contributed by atoms with E-state index < -0.39 is 11.9 Å². The molecule has 0 bridgehead atoms. The first-order valence-corrected chi connectivity index (χ1v) is 3.31. The molecule has 1 heterocycles. The Morgan fingerprint density at radius 1 is 1.75 bits per heavy atom. The zero-order valence-electron chi connectivity index (χ0n) is 6.89. The van der Waals surface area contributed by atoms with E-state index in [1.807, 2.05) is 0 Å². The molecule has 0 saturated carbocycles. The quantitative estimate of drug-likeness (QED) is 0.585. The van der Waals surface area contributed by atoms with Gasteiger partial charge in [0.2, 0.25) is 0 Å². The first kappa shape index (κ1) is 11.0. The van der Waals surface area contributed by atoms with Crippen LogP contribution in [0, 0.1) is 12.4 Å². The molecule has 1 aromatic rings. The highest BCUT2D eigenvalue weighted by Gasteiger charge is 2.09. The van der Waals surface area contributed by atoms with Crippen LogP contribution in [0.25, 0.3) is 0 Å². The second kappa shape index (κ2) is 4.11. The number of aliphatic carboxylic acids is 1. The molecule has 0 radical (unpaired) electrons. The number of hydrogen-bond acceptors (Lipinski definition) is 3. The van der Waals surface area contributed by atoms with Gasteiger partial charge in [0.25, 0.3) is 0 Å². The standard InChI is InChI=1S/C7H10N2O2.ClH2/c1-5(7(10)11)6-8-3-4-9(6)2;/h3-5H,1-2H3,(H,10,11);1H2/q;+1/p-1. The van der Waals surface area contributed by atoms with Gasteiger partial charge >= 0.3 is 0 Å². The summed E-state index contributed by atoms with van der Waals surface area (Å²) in [5.41, 5.74) is 0. The number of nitrogens with zero attached hydrogens (tertiary/aromatic N) is 2. The maximum Gasteiger partial charge on any atom is 0.116 e. The average molecular weight is 191 g/mol. The van der Waals surface area contributed by atoms with Crippen molar-refractivity contribution in [3.63, 3.8) is 0 Å². The van der Waals surface area contributed by atoms with Crippen LogP contribution in [-0.4, -0.2) is 15.5 Å². The Hall–Kier alpha value is -1.03. The van der Waals surface area contributed by atoms with Gasteiger partial charge in [-0.05, 0) is 0 Å². The van der Waals surface area contributed by atoms with Crippen molar-refractivity contribution in [1.29, 1.82) is 0 Å². The third kappa shape index (κ3) is 1.98. The molecule has 0 fully saturated rings. The average Bonchev–Trinajstić information content (AvgIpc) is 2.33. The molecule has 4 nitrogen and oxygen atoms in total. The zero-order chi connectivity index (χ0) is 8.43. The molecule has 1 unspecified atom stereocenters. The summed E-state index contributed by atoms with van der Waals surface area (Å²) >= 11 is 0. The second-order valence-corrected chi connectivity index (χ2v) is 2.44. The molecule has 0 aliphatic carbocycles. The zero-order valence-corrected chi connectivity index (χ0v) is 7.78. The number of carbonyl (C=O) groups excluding carboxylic acids is 1. The van der Waals surface area contributed by atoms with Gasteiger partial charge in [-0.2, -0.15) is 0 Å². The summed E-state index contributed by atoms with van der Waals surface area (Å²) < 4.78 is 1.67. The lowest BCUT2D eigenvalue weighted by Crippen LogP contribution is -2.29. The molecule has 0 aromatic carbocycles. The van der Waals surface area contributed by atoms with Gasteiger partial charge < -0.3 is 14.5 Å². The van der Waals surface area contributed by atoms with Gasteiger partial charge in [-0.3, -0.25) is 0 Å². The van der Waals surface area contributed by atoms with E-state index in [1.165, 1.54) is 0 Å². The van der Waals surface area contributed by atoms with E-state index in [1.54, 1.807) is 30.9 Å². The molecule has 12 heavy (non-hydrogen) atoms. The molecular weight excluding hydrogens is 180 g/mol. The summed E-state index contributed by atoms with van der Waals surface area (Å²) in [4.78, 5) is 14.3. The van der Waals surface area contributed by atoms with Gasteiger partial charge in [0.05, 0.1) is 24.3 Å². The number of aryl methyl sites for hydroxylation is 1. The van der Waals surface area contributed by atoms with Crippen molar-refractivity contribution in [3.8, 4) is 0 Å². The minimum atomic E-state index is -1.10. The van der Waals surface area contributed by atoms with Crippen molar-refractivity contribution in [1.82, 2.24) is 9.55 Å². The lowest BCUT2D eigenvalue weighted by molar-refractivity contribution is -0.307. The minimum Gasteiger partial charge on any atom is -0.549 e. The fourth-order valence-corrected chi connectivity index (χ4v) is 0.900. The van der Waals surface area contributed by atoms with Crippen molar-refractivity contribution >= 4 is 5.97 Å². The molecule has 1 rings (SSSR count). The van der Waals surface area contributed by atoms with E-state index in [0.717, 1.165) is 0 Å². The maximum absolute atomic E-state index is 10.4. The molecule has 1 atom stereocenters. The Morgan fingerprint density at radius 2 is 2.33 bits per heavy atom. The number of carboxylic acids is 1. The summed E-state index contributed by atoms with van der Waals surface area (Å²) in [5.74, 6) is -1.22. The van der Waals surface area contributed by atoms with Crippen molar-refractivity contribution in [2.45, 2.75) is 12.8 Å². The smallest absolute Gasteiger partial charge is 0.116 e. The largest absolute Gasteiger partial charge is 0.549 e.